The van der Waals surface area contributed by atoms with Crippen LogP contribution in [-0.2, 0) is 0 Å². The molecule has 4 nitrogen and oxygen atoms in total. The summed E-state index contributed by atoms with van der Waals surface area (Å²) in [7, 11) is 0. The summed E-state index contributed by atoms with van der Waals surface area (Å²) < 4.78 is 1.69. The maximum Gasteiger partial charge on any atom is 0.153 e. The number of aromatic nitrogens is 3. The SMILES string of the molecule is C=Cc1cn(-c2ccc(C)nc2)nc1N.CC. The molecule has 0 saturated heterocycles. The van der Waals surface area contributed by atoms with E-state index < -0.39 is 0 Å². The summed E-state index contributed by atoms with van der Waals surface area (Å²) in [4.78, 5) is 4.19. The van der Waals surface area contributed by atoms with Gasteiger partial charge < -0.3 is 5.73 Å². The molecular weight excluding hydrogens is 212 g/mol. The maximum atomic E-state index is 5.70. The topological polar surface area (TPSA) is 56.7 Å². The number of rotatable bonds is 2. The molecule has 0 atom stereocenters. The van der Waals surface area contributed by atoms with Gasteiger partial charge in [0.25, 0.3) is 0 Å². The van der Waals surface area contributed by atoms with Crippen molar-refractivity contribution in [3.8, 4) is 5.69 Å². The molecule has 0 aromatic carbocycles. The number of hydrogen-bond donors (Lipinski definition) is 1. The lowest BCUT2D eigenvalue weighted by Gasteiger charge is -1.99. The number of hydrogen-bond acceptors (Lipinski definition) is 3. The Morgan fingerprint density at radius 1 is 1.35 bits per heavy atom. The molecule has 0 unspecified atom stereocenters. The highest BCUT2D eigenvalue weighted by atomic mass is 15.3. The molecule has 2 aromatic rings. The van der Waals surface area contributed by atoms with Gasteiger partial charge in [0, 0.05) is 17.5 Å². The molecule has 0 aliphatic heterocycles. The molecule has 17 heavy (non-hydrogen) atoms. The third kappa shape index (κ3) is 2.93. The first-order valence-electron chi connectivity index (χ1n) is 5.61. The van der Waals surface area contributed by atoms with Gasteiger partial charge in [0.1, 0.15) is 0 Å². The van der Waals surface area contributed by atoms with Crippen molar-refractivity contribution in [1.82, 2.24) is 14.8 Å². The van der Waals surface area contributed by atoms with E-state index in [9.17, 15) is 0 Å². The van der Waals surface area contributed by atoms with E-state index in [0.717, 1.165) is 16.9 Å². The molecule has 0 spiro atoms. The molecule has 0 amide bonds. The predicted molar refractivity (Wildman–Crippen MR) is 71.9 cm³/mol. The predicted octanol–water partition coefficient (Wildman–Crippen LogP) is 2.83. The maximum absolute atomic E-state index is 5.70. The molecule has 2 rings (SSSR count). The van der Waals surface area contributed by atoms with E-state index in [0.29, 0.717) is 5.82 Å². The van der Waals surface area contributed by atoms with Crippen molar-refractivity contribution in [3.63, 3.8) is 0 Å². The summed E-state index contributed by atoms with van der Waals surface area (Å²) in [5.74, 6) is 0.477. The first-order chi connectivity index (χ1) is 8.20. The van der Waals surface area contributed by atoms with Gasteiger partial charge in [0.05, 0.1) is 11.9 Å². The minimum Gasteiger partial charge on any atom is -0.382 e. The lowest BCUT2D eigenvalue weighted by molar-refractivity contribution is 0.876. The highest BCUT2D eigenvalue weighted by Crippen LogP contribution is 2.14. The molecule has 0 fully saturated rings. The number of pyridine rings is 1. The van der Waals surface area contributed by atoms with E-state index in [1.807, 2.05) is 39.1 Å². The van der Waals surface area contributed by atoms with Crippen LogP contribution in [0.5, 0.6) is 0 Å². The highest BCUT2D eigenvalue weighted by Gasteiger charge is 2.03. The molecule has 2 heterocycles. The number of nitrogen functional groups attached to an aromatic ring is 1. The van der Waals surface area contributed by atoms with Gasteiger partial charge in [-0.3, -0.25) is 4.98 Å². The van der Waals surface area contributed by atoms with E-state index in [4.69, 9.17) is 5.73 Å². The van der Waals surface area contributed by atoms with Crippen molar-refractivity contribution >= 4 is 11.9 Å². The molecule has 0 radical (unpaired) electrons. The van der Waals surface area contributed by atoms with E-state index >= 15 is 0 Å². The van der Waals surface area contributed by atoms with Gasteiger partial charge in [-0.25, -0.2) is 4.68 Å². The molecule has 4 heteroatoms. The lowest BCUT2D eigenvalue weighted by Crippen LogP contribution is -1.97. The Labute approximate surface area is 102 Å². The minimum atomic E-state index is 0.477. The number of nitrogens with zero attached hydrogens (tertiary/aromatic N) is 3. The van der Waals surface area contributed by atoms with Gasteiger partial charge in [0.15, 0.2) is 5.82 Å². The second-order valence-electron chi connectivity index (χ2n) is 3.28. The molecule has 0 aliphatic rings. The van der Waals surface area contributed by atoms with Crippen molar-refractivity contribution in [2.45, 2.75) is 20.8 Å². The van der Waals surface area contributed by atoms with Crippen LogP contribution in [0.3, 0.4) is 0 Å². The zero-order valence-corrected chi connectivity index (χ0v) is 10.5. The van der Waals surface area contributed by atoms with Gasteiger partial charge >= 0.3 is 0 Å². The van der Waals surface area contributed by atoms with Gasteiger partial charge in [-0.2, -0.15) is 0 Å². The summed E-state index contributed by atoms with van der Waals surface area (Å²) in [5, 5.41) is 4.16. The summed E-state index contributed by atoms with van der Waals surface area (Å²) >= 11 is 0. The third-order valence-electron chi connectivity index (χ3n) is 2.15. The van der Waals surface area contributed by atoms with Crippen LogP contribution in [0.25, 0.3) is 11.8 Å². The Hall–Kier alpha value is -2.10. The molecule has 2 N–H and O–H groups in total. The molecule has 0 saturated carbocycles. The fourth-order valence-corrected chi connectivity index (χ4v) is 1.29. The number of anilines is 1. The summed E-state index contributed by atoms with van der Waals surface area (Å²) in [6, 6.07) is 3.88. The van der Waals surface area contributed by atoms with E-state index in [1.54, 1.807) is 17.0 Å². The van der Waals surface area contributed by atoms with Gasteiger partial charge in [-0.1, -0.05) is 26.5 Å². The summed E-state index contributed by atoms with van der Waals surface area (Å²) in [6.45, 7) is 9.60. The molecule has 0 bridgehead atoms. The number of nitrogens with two attached hydrogens (primary N) is 1. The van der Waals surface area contributed by atoms with Crippen molar-refractivity contribution in [1.29, 1.82) is 0 Å². The van der Waals surface area contributed by atoms with E-state index in [2.05, 4.69) is 16.7 Å². The van der Waals surface area contributed by atoms with Crippen molar-refractivity contribution in [2.75, 3.05) is 5.73 Å². The van der Waals surface area contributed by atoms with Crippen molar-refractivity contribution in [3.05, 3.63) is 42.4 Å². The smallest absolute Gasteiger partial charge is 0.153 e. The van der Waals surface area contributed by atoms with Crippen LogP contribution in [0.1, 0.15) is 25.1 Å². The standard InChI is InChI=1S/C11H12N4.C2H6/c1-3-9-7-15(14-11(9)12)10-5-4-8(2)13-6-10;1-2/h3-7H,1H2,2H3,(H2,12,14);1-2H3. The summed E-state index contributed by atoms with van der Waals surface area (Å²) in [5.41, 5.74) is 8.39. The second-order valence-corrected chi connectivity index (χ2v) is 3.28. The van der Waals surface area contributed by atoms with Crippen molar-refractivity contribution in [2.24, 2.45) is 0 Å². The monoisotopic (exact) mass is 230 g/mol. The summed E-state index contributed by atoms with van der Waals surface area (Å²) in [6.07, 6.45) is 5.27. The lowest BCUT2D eigenvalue weighted by atomic mass is 10.3. The Morgan fingerprint density at radius 3 is 2.53 bits per heavy atom. The van der Waals surface area contributed by atoms with Crippen LogP contribution >= 0.6 is 0 Å². The normalized spacial score (nSPS) is 9.35. The fraction of sp³-hybridized carbons (Fsp3) is 0.231. The highest BCUT2D eigenvalue weighted by molar-refractivity contribution is 5.59. The van der Waals surface area contributed by atoms with Crippen LogP contribution in [0, 0.1) is 6.92 Å². The van der Waals surface area contributed by atoms with Gasteiger partial charge in [-0.15, -0.1) is 5.10 Å². The van der Waals surface area contributed by atoms with Gasteiger partial charge in [0.2, 0.25) is 0 Å². The average molecular weight is 230 g/mol. The Bertz CT molecular complexity index is 483. The van der Waals surface area contributed by atoms with E-state index in [-0.39, 0.29) is 0 Å². The zero-order valence-electron chi connectivity index (χ0n) is 10.5. The van der Waals surface area contributed by atoms with Crippen LogP contribution in [0.15, 0.2) is 31.1 Å². The van der Waals surface area contributed by atoms with Crippen molar-refractivity contribution < 1.29 is 0 Å². The molecule has 0 aliphatic carbocycles. The molecule has 2 aromatic heterocycles. The Balaban J connectivity index is 0.000000686. The van der Waals surface area contributed by atoms with Crippen LogP contribution in [0.2, 0.25) is 0 Å². The zero-order chi connectivity index (χ0) is 12.8. The Morgan fingerprint density at radius 2 is 2.06 bits per heavy atom. The van der Waals surface area contributed by atoms with E-state index in [1.165, 1.54) is 0 Å². The van der Waals surface area contributed by atoms with Gasteiger partial charge in [-0.05, 0) is 19.1 Å². The number of aryl methyl sites for hydroxylation is 1. The molecule has 90 valence electrons. The molecular formula is C13H18N4. The van der Waals surface area contributed by atoms with Crippen LogP contribution in [-0.4, -0.2) is 14.8 Å². The van der Waals surface area contributed by atoms with Crippen LogP contribution < -0.4 is 5.73 Å². The van der Waals surface area contributed by atoms with Crippen LogP contribution in [0.4, 0.5) is 5.82 Å². The largest absolute Gasteiger partial charge is 0.382 e. The first kappa shape index (κ1) is 13.0. The Kier molecular flexibility index (Phi) is 4.46. The first-order valence-corrected chi connectivity index (χ1v) is 5.61. The average Bonchev–Trinajstić information content (AvgIpc) is 2.74. The quantitative estimate of drug-likeness (QED) is 0.863. The third-order valence-corrected chi connectivity index (χ3v) is 2.15. The fourth-order valence-electron chi connectivity index (χ4n) is 1.29. The second kappa shape index (κ2) is 5.84. The minimum absolute atomic E-state index is 0.477.